The van der Waals surface area contributed by atoms with Crippen LogP contribution in [0.2, 0.25) is 0 Å². The molecular formula is C16H24FNO. The smallest absolute Gasteiger partial charge is 0.127 e. The highest BCUT2D eigenvalue weighted by molar-refractivity contribution is 5.21. The van der Waals surface area contributed by atoms with E-state index >= 15 is 0 Å². The third-order valence-corrected chi connectivity index (χ3v) is 4.18. The fourth-order valence-corrected chi connectivity index (χ4v) is 2.95. The van der Waals surface area contributed by atoms with E-state index in [0.717, 1.165) is 37.8 Å². The van der Waals surface area contributed by atoms with Crippen LogP contribution in [0.15, 0.2) is 24.3 Å². The Bertz CT molecular complexity index is 396. The molecule has 1 aromatic carbocycles. The Kier molecular flexibility index (Phi) is 5.34. The molecule has 3 atom stereocenters. The molecule has 1 aromatic rings. The average molecular weight is 265 g/mol. The molecule has 0 saturated heterocycles. The van der Waals surface area contributed by atoms with Crippen LogP contribution in [0, 0.1) is 11.7 Å². The molecule has 0 heterocycles. The highest BCUT2D eigenvalue weighted by Crippen LogP contribution is 2.25. The van der Waals surface area contributed by atoms with Crippen molar-refractivity contribution in [1.82, 2.24) is 5.32 Å². The molecule has 2 nitrogen and oxygen atoms in total. The molecule has 0 aliphatic heterocycles. The zero-order valence-corrected chi connectivity index (χ0v) is 11.6. The minimum absolute atomic E-state index is 0.0373. The normalized spacial score (nSPS) is 25.2. The Balaban J connectivity index is 1.94. The van der Waals surface area contributed by atoms with Crippen molar-refractivity contribution in [3.05, 3.63) is 35.6 Å². The first-order valence-electron chi connectivity index (χ1n) is 7.38. The number of halogens is 1. The molecule has 1 aliphatic rings. The number of aliphatic hydroxyl groups is 1. The van der Waals surface area contributed by atoms with Crippen molar-refractivity contribution >= 4 is 0 Å². The van der Waals surface area contributed by atoms with Gasteiger partial charge in [-0.3, -0.25) is 0 Å². The van der Waals surface area contributed by atoms with E-state index in [0.29, 0.717) is 5.92 Å². The Morgan fingerprint density at radius 1 is 1.32 bits per heavy atom. The maximum Gasteiger partial charge on any atom is 0.127 e. The van der Waals surface area contributed by atoms with Crippen LogP contribution >= 0.6 is 0 Å². The number of hydrogen-bond donors (Lipinski definition) is 2. The average Bonchev–Trinajstić information content (AvgIpc) is 2.43. The lowest BCUT2D eigenvalue weighted by molar-refractivity contribution is 0.0679. The van der Waals surface area contributed by atoms with E-state index in [9.17, 15) is 9.50 Å². The number of benzene rings is 1. The lowest BCUT2D eigenvalue weighted by atomic mass is 9.86. The Morgan fingerprint density at radius 2 is 2.05 bits per heavy atom. The number of aliphatic hydroxyl groups excluding tert-OH is 1. The summed E-state index contributed by atoms with van der Waals surface area (Å²) in [7, 11) is 0. The lowest BCUT2D eigenvalue weighted by Gasteiger charge is -2.29. The van der Waals surface area contributed by atoms with Gasteiger partial charge in [-0.25, -0.2) is 4.39 Å². The summed E-state index contributed by atoms with van der Waals surface area (Å²) < 4.78 is 13.8. The maximum absolute atomic E-state index is 13.8. The van der Waals surface area contributed by atoms with Crippen LogP contribution in [0.1, 0.15) is 50.6 Å². The molecule has 0 spiro atoms. The highest BCUT2D eigenvalue weighted by atomic mass is 19.1. The van der Waals surface area contributed by atoms with Gasteiger partial charge in [-0.05, 0) is 31.2 Å². The number of nitrogens with one attached hydrogen (secondary N) is 1. The van der Waals surface area contributed by atoms with Crippen molar-refractivity contribution in [3.8, 4) is 0 Å². The monoisotopic (exact) mass is 265 g/mol. The molecular weight excluding hydrogens is 241 g/mol. The van der Waals surface area contributed by atoms with Gasteiger partial charge in [-0.2, -0.15) is 0 Å². The van der Waals surface area contributed by atoms with Gasteiger partial charge in [0, 0.05) is 18.2 Å². The Labute approximate surface area is 115 Å². The third-order valence-electron chi connectivity index (χ3n) is 4.18. The molecule has 2 N–H and O–H groups in total. The van der Waals surface area contributed by atoms with Crippen molar-refractivity contribution < 1.29 is 9.50 Å². The first-order valence-corrected chi connectivity index (χ1v) is 7.38. The van der Waals surface area contributed by atoms with E-state index in [4.69, 9.17) is 0 Å². The van der Waals surface area contributed by atoms with Crippen LogP contribution in [0.5, 0.6) is 0 Å². The van der Waals surface area contributed by atoms with Gasteiger partial charge < -0.3 is 10.4 Å². The first kappa shape index (κ1) is 14.5. The number of rotatable bonds is 5. The van der Waals surface area contributed by atoms with E-state index in [1.807, 2.05) is 12.1 Å². The molecule has 1 aliphatic carbocycles. The largest absolute Gasteiger partial charge is 0.393 e. The van der Waals surface area contributed by atoms with Crippen LogP contribution in [0.3, 0.4) is 0 Å². The van der Waals surface area contributed by atoms with Crippen LogP contribution in [0.25, 0.3) is 0 Å². The van der Waals surface area contributed by atoms with Crippen LogP contribution in [0.4, 0.5) is 4.39 Å². The fourth-order valence-electron chi connectivity index (χ4n) is 2.95. The van der Waals surface area contributed by atoms with E-state index in [-0.39, 0.29) is 18.0 Å². The summed E-state index contributed by atoms with van der Waals surface area (Å²) in [5.74, 6) is 0.167. The molecule has 3 unspecified atom stereocenters. The molecule has 0 radical (unpaired) electrons. The highest BCUT2D eigenvalue weighted by Gasteiger charge is 2.24. The maximum atomic E-state index is 13.8. The summed E-state index contributed by atoms with van der Waals surface area (Å²) in [6.45, 7) is 2.83. The van der Waals surface area contributed by atoms with Gasteiger partial charge >= 0.3 is 0 Å². The Morgan fingerprint density at radius 3 is 2.74 bits per heavy atom. The molecule has 0 aromatic heterocycles. The molecule has 0 amide bonds. The molecule has 1 saturated carbocycles. The first-order chi connectivity index (χ1) is 9.22. The van der Waals surface area contributed by atoms with Gasteiger partial charge in [-0.15, -0.1) is 0 Å². The van der Waals surface area contributed by atoms with Gasteiger partial charge in [0.1, 0.15) is 5.82 Å². The molecule has 3 heteroatoms. The summed E-state index contributed by atoms with van der Waals surface area (Å²) in [5, 5.41) is 13.4. The topological polar surface area (TPSA) is 32.3 Å². The summed E-state index contributed by atoms with van der Waals surface area (Å²) in [5.41, 5.74) is 0.732. The molecule has 2 rings (SSSR count). The second-order valence-corrected chi connectivity index (χ2v) is 5.50. The summed E-state index contributed by atoms with van der Waals surface area (Å²) in [6.07, 6.45) is 4.95. The van der Waals surface area contributed by atoms with Crippen LogP contribution in [-0.2, 0) is 0 Å². The molecule has 1 fully saturated rings. The quantitative estimate of drug-likeness (QED) is 0.855. The van der Waals surface area contributed by atoms with Crippen molar-refractivity contribution in [2.45, 2.75) is 51.2 Å². The minimum Gasteiger partial charge on any atom is -0.393 e. The van der Waals surface area contributed by atoms with Gasteiger partial charge in [-0.1, -0.05) is 38.0 Å². The van der Waals surface area contributed by atoms with Crippen molar-refractivity contribution in [2.75, 3.05) is 6.54 Å². The van der Waals surface area contributed by atoms with Crippen LogP contribution in [-0.4, -0.2) is 17.8 Å². The lowest BCUT2D eigenvalue weighted by Crippen LogP contribution is -2.35. The van der Waals surface area contributed by atoms with Crippen molar-refractivity contribution in [3.63, 3.8) is 0 Å². The van der Waals surface area contributed by atoms with E-state index < -0.39 is 0 Å². The Hall–Kier alpha value is -0.930. The van der Waals surface area contributed by atoms with E-state index in [1.54, 1.807) is 6.07 Å². The second kappa shape index (κ2) is 7.01. The summed E-state index contributed by atoms with van der Waals surface area (Å²) >= 11 is 0. The van der Waals surface area contributed by atoms with E-state index in [2.05, 4.69) is 12.2 Å². The standard InChI is InChI=1S/C16H24FNO/c1-2-15(13-8-4-5-9-14(13)17)18-11-12-7-3-6-10-16(12)19/h4-5,8-9,12,15-16,18-19H,2-3,6-7,10-11H2,1H3. The third kappa shape index (κ3) is 3.77. The van der Waals surface area contributed by atoms with Crippen molar-refractivity contribution in [1.29, 1.82) is 0 Å². The van der Waals surface area contributed by atoms with Gasteiger partial charge in [0.2, 0.25) is 0 Å². The summed E-state index contributed by atoms with van der Waals surface area (Å²) in [6, 6.07) is 6.98. The fraction of sp³-hybridized carbons (Fsp3) is 0.625. The minimum atomic E-state index is -0.195. The SMILES string of the molecule is CCC(NCC1CCCCC1O)c1ccccc1F. The van der Waals surface area contributed by atoms with Crippen LogP contribution < -0.4 is 5.32 Å². The molecule has 0 bridgehead atoms. The zero-order valence-electron chi connectivity index (χ0n) is 11.6. The zero-order chi connectivity index (χ0) is 13.7. The van der Waals surface area contributed by atoms with Gasteiger partial charge in [0.05, 0.1) is 6.10 Å². The van der Waals surface area contributed by atoms with Crippen molar-refractivity contribution in [2.24, 2.45) is 5.92 Å². The van der Waals surface area contributed by atoms with Gasteiger partial charge in [0.15, 0.2) is 0 Å². The van der Waals surface area contributed by atoms with E-state index in [1.165, 1.54) is 12.5 Å². The van der Waals surface area contributed by atoms with Gasteiger partial charge in [0.25, 0.3) is 0 Å². The molecule has 19 heavy (non-hydrogen) atoms. The predicted molar refractivity (Wildman–Crippen MR) is 75.4 cm³/mol. The summed E-state index contributed by atoms with van der Waals surface area (Å²) in [4.78, 5) is 0. The number of hydrogen-bond acceptors (Lipinski definition) is 2. The predicted octanol–water partition coefficient (Wildman–Crippen LogP) is 3.42. The molecule has 106 valence electrons. The second-order valence-electron chi connectivity index (χ2n) is 5.50.